The van der Waals surface area contributed by atoms with Crippen molar-refractivity contribution in [2.45, 2.75) is 18.9 Å². The Morgan fingerprint density at radius 3 is 2.70 bits per heavy atom. The highest BCUT2D eigenvalue weighted by Gasteiger charge is 2.16. The van der Waals surface area contributed by atoms with Crippen LogP contribution in [0.2, 0.25) is 0 Å². The number of hydrogen-bond acceptors (Lipinski definition) is 3. The van der Waals surface area contributed by atoms with Gasteiger partial charge in [0.2, 0.25) is 5.91 Å². The Kier molecular flexibility index (Phi) is 6.40. The molecule has 122 valence electrons. The van der Waals surface area contributed by atoms with Gasteiger partial charge in [0.1, 0.15) is 5.82 Å². The lowest BCUT2D eigenvalue weighted by Gasteiger charge is -2.18. The largest absolute Gasteiger partial charge is 0.348 e. The third-order valence-corrected chi connectivity index (χ3v) is 4.14. The molecule has 2 rings (SSSR count). The van der Waals surface area contributed by atoms with Crippen LogP contribution in [0.4, 0.5) is 4.39 Å². The summed E-state index contributed by atoms with van der Waals surface area (Å²) >= 11 is 0. The second-order valence-electron chi connectivity index (χ2n) is 5.28. The quantitative estimate of drug-likeness (QED) is 0.846. The number of hydrogen-bond donors (Lipinski definition) is 1. The van der Waals surface area contributed by atoms with E-state index in [1.54, 1.807) is 12.5 Å². The van der Waals surface area contributed by atoms with Gasteiger partial charge < -0.3 is 5.32 Å². The molecule has 0 bridgehead atoms. The molecule has 1 amide bonds. The average Bonchev–Trinajstić information content (AvgIpc) is 2.53. The molecule has 0 radical (unpaired) electrons. The molecular formula is C17H19FN2O2S. The lowest BCUT2D eigenvalue weighted by Crippen LogP contribution is -2.32. The lowest BCUT2D eigenvalue weighted by molar-refractivity contribution is -0.121. The molecule has 6 heteroatoms. The number of rotatable bonds is 7. The van der Waals surface area contributed by atoms with E-state index in [0.717, 1.165) is 11.8 Å². The molecule has 0 aliphatic heterocycles. The Balaban J connectivity index is 1.96. The van der Waals surface area contributed by atoms with Crippen LogP contribution in [0.15, 0.2) is 48.8 Å². The van der Waals surface area contributed by atoms with Crippen LogP contribution in [0, 0.1) is 5.82 Å². The summed E-state index contributed by atoms with van der Waals surface area (Å²) in [7, 11) is -1.03. The molecule has 0 spiro atoms. The van der Waals surface area contributed by atoms with Gasteiger partial charge in [0.05, 0.1) is 12.2 Å². The van der Waals surface area contributed by atoms with Crippen molar-refractivity contribution in [1.82, 2.24) is 10.3 Å². The summed E-state index contributed by atoms with van der Waals surface area (Å²) in [5.41, 5.74) is 1.60. The van der Waals surface area contributed by atoms with Gasteiger partial charge in [-0.2, -0.15) is 0 Å². The first-order valence-electron chi connectivity index (χ1n) is 7.28. The molecule has 0 saturated carbocycles. The minimum Gasteiger partial charge on any atom is -0.348 e. The van der Waals surface area contributed by atoms with Gasteiger partial charge in [0, 0.05) is 35.4 Å². The van der Waals surface area contributed by atoms with Gasteiger partial charge in [-0.05, 0) is 23.6 Å². The van der Waals surface area contributed by atoms with Crippen molar-refractivity contribution in [2.75, 3.05) is 12.0 Å². The first-order chi connectivity index (χ1) is 11.0. The number of carbonyl (C=O) groups excluding carboxylic acids is 1. The SMILES string of the molecule is CS(=O)CC(NC(=O)CCc1cncc(F)c1)c1ccccc1. The number of nitrogens with zero attached hydrogens (tertiary/aromatic N) is 1. The number of aromatic nitrogens is 1. The molecule has 2 aromatic rings. The highest BCUT2D eigenvalue weighted by Crippen LogP contribution is 2.14. The molecule has 1 N–H and O–H groups in total. The molecule has 1 heterocycles. The van der Waals surface area contributed by atoms with Gasteiger partial charge in [-0.1, -0.05) is 30.3 Å². The molecule has 2 atom stereocenters. The lowest BCUT2D eigenvalue weighted by atomic mass is 10.1. The Labute approximate surface area is 137 Å². The number of aryl methyl sites for hydroxylation is 1. The van der Waals surface area contributed by atoms with Crippen LogP contribution in [0.1, 0.15) is 23.6 Å². The molecule has 1 aromatic heterocycles. The number of halogens is 1. The van der Waals surface area contributed by atoms with Crippen LogP contribution in [0.25, 0.3) is 0 Å². The molecule has 4 nitrogen and oxygen atoms in total. The molecule has 2 unspecified atom stereocenters. The predicted molar refractivity (Wildman–Crippen MR) is 88.8 cm³/mol. The fourth-order valence-corrected chi connectivity index (χ4v) is 3.00. The highest BCUT2D eigenvalue weighted by atomic mass is 32.2. The van der Waals surface area contributed by atoms with E-state index in [1.807, 2.05) is 30.3 Å². The maximum absolute atomic E-state index is 13.1. The van der Waals surface area contributed by atoms with E-state index in [2.05, 4.69) is 10.3 Å². The minimum atomic E-state index is -1.03. The Bertz CT molecular complexity index is 679. The fraction of sp³-hybridized carbons (Fsp3) is 0.294. The van der Waals surface area contributed by atoms with Gasteiger partial charge in [0.25, 0.3) is 0 Å². The highest BCUT2D eigenvalue weighted by molar-refractivity contribution is 7.84. The van der Waals surface area contributed by atoms with Crippen molar-refractivity contribution in [2.24, 2.45) is 0 Å². The maximum atomic E-state index is 13.1. The van der Waals surface area contributed by atoms with Crippen molar-refractivity contribution in [3.05, 3.63) is 65.7 Å². The van der Waals surface area contributed by atoms with Crippen molar-refractivity contribution >= 4 is 16.7 Å². The minimum absolute atomic E-state index is 0.159. The van der Waals surface area contributed by atoms with Crippen LogP contribution in [0.5, 0.6) is 0 Å². The normalized spacial score (nSPS) is 13.3. The van der Waals surface area contributed by atoms with E-state index in [-0.39, 0.29) is 18.4 Å². The third kappa shape index (κ3) is 5.90. The standard InChI is InChI=1S/C17H19FN2O2S/c1-23(22)12-16(14-5-3-2-4-6-14)20-17(21)8-7-13-9-15(18)11-19-10-13/h2-6,9-11,16H,7-8,12H2,1H3,(H,20,21). The fourth-order valence-electron chi connectivity index (χ4n) is 2.26. The first-order valence-corrected chi connectivity index (χ1v) is 9.01. The summed E-state index contributed by atoms with van der Waals surface area (Å²) in [6.45, 7) is 0. The summed E-state index contributed by atoms with van der Waals surface area (Å²) in [4.78, 5) is 15.9. The predicted octanol–water partition coefficient (Wildman–Crippen LogP) is 2.39. The summed E-state index contributed by atoms with van der Waals surface area (Å²) in [6, 6.07) is 10.5. The van der Waals surface area contributed by atoms with Crippen LogP contribution in [0.3, 0.4) is 0 Å². The number of benzene rings is 1. The molecule has 0 aliphatic carbocycles. The first kappa shape index (κ1) is 17.3. The second kappa shape index (κ2) is 8.53. The van der Waals surface area contributed by atoms with Crippen molar-refractivity contribution in [1.29, 1.82) is 0 Å². The van der Waals surface area contributed by atoms with Crippen molar-refractivity contribution in [3.63, 3.8) is 0 Å². The molecule has 0 saturated heterocycles. The zero-order chi connectivity index (χ0) is 16.7. The Morgan fingerprint density at radius 1 is 1.30 bits per heavy atom. The monoisotopic (exact) mass is 334 g/mol. The zero-order valence-corrected chi connectivity index (χ0v) is 13.7. The summed E-state index contributed by atoms with van der Waals surface area (Å²) in [6.07, 6.45) is 4.93. The molecule has 1 aromatic carbocycles. The van der Waals surface area contributed by atoms with Crippen molar-refractivity contribution in [3.8, 4) is 0 Å². The van der Waals surface area contributed by atoms with E-state index in [0.29, 0.717) is 17.7 Å². The maximum Gasteiger partial charge on any atom is 0.220 e. The van der Waals surface area contributed by atoms with Gasteiger partial charge in [0.15, 0.2) is 0 Å². The van der Waals surface area contributed by atoms with Crippen molar-refractivity contribution < 1.29 is 13.4 Å². The molecule has 23 heavy (non-hydrogen) atoms. The van der Waals surface area contributed by atoms with Crippen LogP contribution >= 0.6 is 0 Å². The van der Waals surface area contributed by atoms with Gasteiger partial charge in [-0.15, -0.1) is 0 Å². The second-order valence-corrected chi connectivity index (χ2v) is 6.76. The van der Waals surface area contributed by atoms with Gasteiger partial charge in [-0.3, -0.25) is 14.0 Å². The van der Waals surface area contributed by atoms with Gasteiger partial charge in [-0.25, -0.2) is 4.39 Å². The number of pyridine rings is 1. The topological polar surface area (TPSA) is 59.1 Å². The van der Waals surface area contributed by atoms with E-state index in [9.17, 15) is 13.4 Å². The smallest absolute Gasteiger partial charge is 0.220 e. The average molecular weight is 334 g/mol. The number of carbonyl (C=O) groups is 1. The zero-order valence-electron chi connectivity index (χ0n) is 12.9. The Morgan fingerprint density at radius 2 is 2.04 bits per heavy atom. The number of amides is 1. The van der Waals surface area contributed by atoms with E-state index in [4.69, 9.17) is 0 Å². The Hall–Kier alpha value is -2.08. The van der Waals surface area contributed by atoms with E-state index >= 15 is 0 Å². The van der Waals surface area contributed by atoms with Crippen LogP contribution in [-0.4, -0.2) is 27.1 Å². The number of nitrogens with one attached hydrogen (secondary N) is 1. The van der Waals surface area contributed by atoms with Crippen LogP contribution < -0.4 is 5.32 Å². The third-order valence-electron chi connectivity index (χ3n) is 3.34. The van der Waals surface area contributed by atoms with E-state index < -0.39 is 16.6 Å². The summed E-state index contributed by atoms with van der Waals surface area (Å²) in [5.74, 6) is -0.211. The summed E-state index contributed by atoms with van der Waals surface area (Å²) in [5, 5.41) is 2.90. The van der Waals surface area contributed by atoms with Crippen LogP contribution in [-0.2, 0) is 22.0 Å². The molecular weight excluding hydrogens is 315 g/mol. The molecule has 0 fully saturated rings. The van der Waals surface area contributed by atoms with E-state index in [1.165, 1.54) is 6.07 Å². The molecule has 0 aliphatic rings. The van der Waals surface area contributed by atoms with Gasteiger partial charge >= 0.3 is 0 Å². The summed E-state index contributed by atoms with van der Waals surface area (Å²) < 4.78 is 24.6.